The molecule has 1 aliphatic carbocycles. The van der Waals surface area contributed by atoms with Gasteiger partial charge in [0.25, 0.3) is 0 Å². The van der Waals surface area contributed by atoms with E-state index in [-0.39, 0.29) is 12.1 Å². The molecule has 1 fully saturated rings. The summed E-state index contributed by atoms with van der Waals surface area (Å²) in [5.41, 5.74) is 1.30. The lowest BCUT2D eigenvalue weighted by atomic mass is 10.1. The van der Waals surface area contributed by atoms with Crippen LogP contribution in [-0.4, -0.2) is 11.6 Å². The molecule has 1 aromatic carbocycles. The van der Waals surface area contributed by atoms with Gasteiger partial charge in [-0.1, -0.05) is 6.07 Å². The molecule has 0 amide bonds. The van der Waals surface area contributed by atoms with Crippen LogP contribution in [0.25, 0.3) is 0 Å². The largest absolute Gasteiger partial charge is 0.349 e. The second-order valence-electron chi connectivity index (χ2n) is 5.42. The van der Waals surface area contributed by atoms with Crippen LogP contribution >= 0.6 is 0 Å². The van der Waals surface area contributed by atoms with Crippen molar-refractivity contribution in [2.24, 2.45) is 5.92 Å². The molecule has 1 atom stereocenters. The lowest BCUT2D eigenvalue weighted by Gasteiger charge is -2.13. The van der Waals surface area contributed by atoms with E-state index in [1.165, 1.54) is 36.6 Å². The lowest BCUT2D eigenvalue weighted by Crippen LogP contribution is -2.17. The summed E-state index contributed by atoms with van der Waals surface area (Å²) in [5, 5.41) is 3.32. The van der Waals surface area contributed by atoms with Gasteiger partial charge in [0, 0.05) is 24.0 Å². The van der Waals surface area contributed by atoms with Gasteiger partial charge in [-0.15, -0.1) is 0 Å². The van der Waals surface area contributed by atoms with Crippen LogP contribution in [0.2, 0.25) is 0 Å². The molecule has 4 heteroatoms. The minimum atomic E-state index is -0.493. The number of rotatable bonds is 5. The molecule has 106 valence electrons. The van der Waals surface area contributed by atoms with Crippen molar-refractivity contribution in [2.45, 2.75) is 25.4 Å². The summed E-state index contributed by atoms with van der Waals surface area (Å²) in [4.78, 5) is 0. The van der Waals surface area contributed by atoms with Crippen molar-refractivity contribution in [1.82, 2.24) is 9.88 Å². The van der Waals surface area contributed by atoms with Crippen LogP contribution in [0.5, 0.6) is 0 Å². The topological polar surface area (TPSA) is 17.0 Å². The quantitative estimate of drug-likeness (QED) is 0.884. The number of benzene rings is 1. The monoisotopic (exact) mass is 276 g/mol. The predicted octanol–water partition coefficient (Wildman–Crippen LogP) is 3.49. The molecule has 1 aromatic heterocycles. The minimum Gasteiger partial charge on any atom is -0.349 e. The Labute approximate surface area is 117 Å². The fourth-order valence-corrected chi connectivity index (χ4v) is 2.71. The highest BCUT2D eigenvalue weighted by atomic mass is 19.1. The van der Waals surface area contributed by atoms with Gasteiger partial charge in [0.1, 0.15) is 11.6 Å². The van der Waals surface area contributed by atoms with Crippen molar-refractivity contribution in [2.75, 3.05) is 7.05 Å². The second-order valence-corrected chi connectivity index (χ2v) is 5.42. The first-order valence-electron chi connectivity index (χ1n) is 6.95. The van der Waals surface area contributed by atoms with Crippen molar-refractivity contribution in [3.05, 3.63) is 59.4 Å². The highest BCUT2D eigenvalue weighted by molar-refractivity contribution is 5.23. The first-order chi connectivity index (χ1) is 9.69. The molecule has 0 spiro atoms. The van der Waals surface area contributed by atoms with Crippen molar-refractivity contribution >= 4 is 0 Å². The van der Waals surface area contributed by atoms with Gasteiger partial charge in [0.15, 0.2) is 0 Å². The maximum atomic E-state index is 13.6. The fraction of sp³-hybridized carbons (Fsp3) is 0.375. The molecule has 0 radical (unpaired) electrons. The molecule has 3 rings (SSSR count). The zero-order chi connectivity index (χ0) is 14.1. The smallest absolute Gasteiger partial charge is 0.131 e. The van der Waals surface area contributed by atoms with Gasteiger partial charge >= 0.3 is 0 Å². The molecule has 0 saturated heterocycles. The summed E-state index contributed by atoms with van der Waals surface area (Å²) in [5.74, 6) is -0.290. The number of nitrogens with one attached hydrogen (secondary N) is 1. The van der Waals surface area contributed by atoms with Gasteiger partial charge in [-0.05, 0) is 49.6 Å². The first kappa shape index (κ1) is 13.3. The lowest BCUT2D eigenvalue weighted by molar-refractivity contribution is 0.525. The van der Waals surface area contributed by atoms with Gasteiger partial charge in [-0.3, -0.25) is 0 Å². The van der Waals surface area contributed by atoms with E-state index in [9.17, 15) is 8.78 Å². The molecule has 1 unspecified atom stereocenters. The molecule has 1 aliphatic rings. The molecule has 1 heterocycles. The third-order valence-corrected chi connectivity index (χ3v) is 3.94. The minimum absolute atomic E-state index is 0.113. The third kappa shape index (κ3) is 2.61. The zero-order valence-corrected chi connectivity index (χ0v) is 11.4. The van der Waals surface area contributed by atoms with Gasteiger partial charge in [-0.2, -0.15) is 0 Å². The van der Waals surface area contributed by atoms with Crippen LogP contribution in [0.1, 0.15) is 30.0 Å². The van der Waals surface area contributed by atoms with E-state index in [0.717, 1.165) is 0 Å². The maximum Gasteiger partial charge on any atom is 0.131 e. The van der Waals surface area contributed by atoms with Crippen LogP contribution < -0.4 is 5.32 Å². The molecule has 0 bridgehead atoms. The van der Waals surface area contributed by atoms with Crippen LogP contribution in [0.3, 0.4) is 0 Å². The van der Waals surface area contributed by atoms with Crippen molar-refractivity contribution in [3.8, 4) is 0 Å². The van der Waals surface area contributed by atoms with E-state index < -0.39 is 11.6 Å². The number of nitrogens with zero attached hydrogens (tertiary/aromatic N) is 1. The van der Waals surface area contributed by atoms with Crippen LogP contribution in [-0.2, 0) is 6.54 Å². The third-order valence-electron chi connectivity index (χ3n) is 3.94. The molecule has 2 aromatic rings. The molecular formula is C16H18F2N2. The number of hydrogen-bond acceptors (Lipinski definition) is 1. The standard InChI is InChI=1S/C16H18F2N2/c1-19-16(11-5-6-11)12-7-8-20(9-12)10-13-14(17)3-2-4-15(13)18/h2-4,7-9,11,16,19H,5-6,10H2,1H3. The summed E-state index contributed by atoms with van der Waals surface area (Å²) in [7, 11) is 1.96. The highest BCUT2D eigenvalue weighted by Gasteiger charge is 2.31. The normalized spacial score (nSPS) is 16.4. The predicted molar refractivity (Wildman–Crippen MR) is 74.4 cm³/mol. The van der Waals surface area contributed by atoms with Gasteiger partial charge in [-0.25, -0.2) is 8.78 Å². The Morgan fingerprint density at radius 2 is 1.95 bits per heavy atom. The van der Waals surface area contributed by atoms with E-state index >= 15 is 0 Å². The summed E-state index contributed by atoms with van der Waals surface area (Å²) in [6, 6.07) is 6.35. The van der Waals surface area contributed by atoms with Crippen molar-refractivity contribution in [3.63, 3.8) is 0 Å². The van der Waals surface area contributed by atoms with E-state index in [2.05, 4.69) is 5.32 Å². The highest BCUT2D eigenvalue weighted by Crippen LogP contribution is 2.40. The first-order valence-corrected chi connectivity index (χ1v) is 6.95. The Bertz CT molecular complexity index is 582. The second kappa shape index (κ2) is 5.37. The molecular weight excluding hydrogens is 258 g/mol. The molecule has 0 aliphatic heterocycles. The molecule has 1 saturated carbocycles. The zero-order valence-electron chi connectivity index (χ0n) is 11.4. The maximum absolute atomic E-state index is 13.6. The number of aromatic nitrogens is 1. The number of hydrogen-bond donors (Lipinski definition) is 1. The van der Waals surface area contributed by atoms with Crippen molar-refractivity contribution in [1.29, 1.82) is 0 Å². The van der Waals surface area contributed by atoms with Crippen molar-refractivity contribution < 1.29 is 8.78 Å². The average molecular weight is 276 g/mol. The van der Waals surface area contributed by atoms with Gasteiger partial charge in [0.05, 0.1) is 6.54 Å². The molecule has 2 nitrogen and oxygen atoms in total. The fourth-order valence-electron chi connectivity index (χ4n) is 2.71. The van der Waals surface area contributed by atoms with Crippen LogP contribution in [0.4, 0.5) is 8.78 Å². The Morgan fingerprint density at radius 1 is 1.25 bits per heavy atom. The van der Waals surface area contributed by atoms with E-state index in [4.69, 9.17) is 0 Å². The summed E-state index contributed by atoms with van der Waals surface area (Å²) < 4.78 is 29.1. The SMILES string of the molecule is CNC(c1ccn(Cc2c(F)cccc2F)c1)C1CC1. The van der Waals surface area contributed by atoms with E-state index in [1.54, 1.807) is 0 Å². The van der Waals surface area contributed by atoms with E-state index in [1.807, 2.05) is 30.1 Å². The Morgan fingerprint density at radius 3 is 2.55 bits per heavy atom. The Hall–Kier alpha value is -1.68. The summed E-state index contributed by atoms with van der Waals surface area (Å²) >= 11 is 0. The molecule has 1 N–H and O–H groups in total. The Kier molecular flexibility index (Phi) is 3.57. The van der Waals surface area contributed by atoms with Crippen LogP contribution in [0, 0.1) is 17.6 Å². The molecule has 20 heavy (non-hydrogen) atoms. The van der Waals surface area contributed by atoms with Gasteiger partial charge in [0.2, 0.25) is 0 Å². The summed E-state index contributed by atoms with van der Waals surface area (Å²) in [6.07, 6.45) is 6.36. The average Bonchev–Trinajstić information content (AvgIpc) is 3.15. The van der Waals surface area contributed by atoms with Gasteiger partial charge < -0.3 is 9.88 Å². The van der Waals surface area contributed by atoms with E-state index in [0.29, 0.717) is 12.0 Å². The van der Waals surface area contributed by atoms with Crippen LogP contribution in [0.15, 0.2) is 36.7 Å². The number of halogens is 2. The Balaban J connectivity index is 1.80. The summed E-state index contributed by atoms with van der Waals surface area (Å²) in [6.45, 7) is 0.222.